The molecule has 0 saturated heterocycles. The number of fused-ring (bicyclic) bond motifs is 3. The van der Waals surface area contributed by atoms with E-state index in [1.165, 1.54) is 82.4 Å². The van der Waals surface area contributed by atoms with E-state index in [9.17, 15) is 0 Å². The van der Waals surface area contributed by atoms with Crippen molar-refractivity contribution < 1.29 is 49.0 Å². The number of benzene rings is 5. The normalized spacial score (nSPS) is 11.3. The molecule has 44 heavy (non-hydrogen) atoms. The van der Waals surface area contributed by atoms with Crippen molar-refractivity contribution in [1.82, 2.24) is 0 Å². The number of halogens is 2. The minimum atomic E-state index is 0. The molecule has 3 heteroatoms. The van der Waals surface area contributed by atoms with Crippen molar-refractivity contribution in [3.63, 3.8) is 0 Å². The first-order chi connectivity index (χ1) is 20.7. The molecular formula is C41H36Cl2Zr-2. The summed E-state index contributed by atoms with van der Waals surface area (Å²) in [6.07, 6.45) is 10.7. The first-order valence-corrected chi connectivity index (χ1v) is 16.0. The summed E-state index contributed by atoms with van der Waals surface area (Å²) in [6.45, 7) is 4.41. The van der Waals surface area contributed by atoms with Gasteiger partial charge in [-0.25, -0.2) is 0 Å². The predicted octanol–water partition coefficient (Wildman–Crippen LogP) is 4.48. The van der Waals surface area contributed by atoms with Gasteiger partial charge >= 0.3 is 99.2 Å². The van der Waals surface area contributed by atoms with Crippen molar-refractivity contribution in [3.8, 4) is 0 Å². The Balaban J connectivity index is 0.000000180. The number of hydrogen-bond acceptors (Lipinski definition) is 0. The third kappa shape index (κ3) is 9.15. The summed E-state index contributed by atoms with van der Waals surface area (Å²) in [5, 5.41) is 5.54. The summed E-state index contributed by atoms with van der Waals surface area (Å²) in [7, 11) is 0. The SMILES string of the molecule is CCc1ccc2c(c1)[cH-]c1cc(CC)ccc12.[C-]1=C(c2ccccc2)C=CC1.[Cl-].[Cl-].[Zr+2]=[C](c1ccccc1)c1ccccc1. The van der Waals surface area contributed by atoms with Gasteiger partial charge in [0.05, 0.1) is 0 Å². The molecule has 0 nitrogen and oxygen atoms in total. The van der Waals surface area contributed by atoms with Crippen LogP contribution in [0.1, 0.15) is 48.1 Å². The van der Waals surface area contributed by atoms with Gasteiger partial charge in [-0.05, 0) is 12.8 Å². The second-order valence-electron chi connectivity index (χ2n) is 10.4. The van der Waals surface area contributed by atoms with Crippen LogP contribution in [-0.4, -0.2) is 3.21 Å². The van der Waals surface area contributed by atoms with Gasteiger partial charge in [0.2, 0.25) is 0 Å². The molecule has 0 saturated carbocycles. The molecule has 0 N–H and O–H groups in total. The second kappa shape index (κ2) is 17.9. The molecule has 1 aliphatic rings. The van der Waals surface area contributed by atoms with Gasteiger partial charge in [0, 0.05) is 0 Å². The van der Waals surface area contributed by atoms with E-state index in [4.69, 9.17) is 0 Å². The Morgan fingerprint density at radius 1 is 0.636 bits per heavy atom. The minimum absolute atomic E-state index is 0. The molecule has 1 aliphatic carbocycles. The molecule has 0 spiro atoms. The van der Waals surface area contributed by atoms with Crippen molar-refractivity contribution in [1.29, 1.82) is 0 Å². The monoisotopic (exact) mass is 688 g/mol. The zero-order valence-corrected chi connectivity index (χ0v) is 29.2. The van der Waals surface area contributed by atoms with E-state index in [1.807, 2.05) is 6.07 Å². The summed E-state index contributed by atoms with van der Waals surface area (Å²) in [5.74, 6) is 0. The van der Waals surface area contributed by atoms with Crippen molar-refractivity contribution >= 4 is 30.3 Å². The van der Waals surface area contributed by atoms with Gasteiger partial charge in [-0.1, -0.05) is 73.9 Å². The average molecular weight is 691 g/mol. The molecule has 0 amide bonds. The Hall–Kier alpha value is -3.22. The molecule has 6 aromatic carbocycles. The van der Waals surface area contributed by atoms with Crippen LogP contribution in [0.15, 0.2) is 146 Å². The van der Waals surface area contributed by atoms with Crippen LogP contribution in [0.2, 0.25) is 0 Å². The first-order valence-electron chi connectivity index (χ1n) is 14.8. The maximum atomic E-state index is 3.28. The number of hydrogen-bond donors (Lipinski definition) is 0. The summed E-state index contributed by atoms with van der Waals surface area (Å²) in [5.41, 5.74) is 7.99. The topological polar surface area (TPSA) is 0 Å². The van der Waals surface area contributed by atoms with E-state index in [0.717, 1.165) is 19.3 Å². The van der Waals surface area contributed by atoms with E-state index in [-0.39, 0.29) is 24.8 Å². The van der Waals surface area contributed by atoms with E-state index in [2.05, 4.69) is 159 Å². The molecule has 0 aromatic heterocycles. The molecule has 0 heterocycles. The Labute approximate surface area is 290 Å². The van der Waals surface area contributed by atoms with Crippen LogP contribution in [0.4, 0.5) is 0 Å². The van der Waals surface area contributed by atoms with Crippen molar-refractivity contribution in [2.45, 2.75) is 33.1 Å². The Morgan fingerprint density at radius 2 is 1.09 bits per heavy atom. The van der Waals surface area contributed by atoms with E-state index in [0.29, 0.717) is 0 Å². The van der Waals surface area contributed by atoms with Gasteiger partial charge in [0.1, 0.15) is 0 Å². The van der Waals surface area contributed by atoms with Crippen LogP contribution < -0.4 is 24.8 Å². The van der Waals surface area contributed by atoms with Gasteiger partial charge < -0.3 is 24.8 Å². The molecule has 6 aromatic rings. The van der Waals surface area contributed by atoms with E-state index < -0.39 is 0 Å². The Bertz CT molecular complexity index is 1720. The van der Waals surface area contributed by atoms with Crippen LogP contribution in [0.3, 0.4) is 0 Å². The molecule has 220 valence electrons. The van der Waals surface area contributed by atoms with Crippen molar-refractivity contribution in [2.24, 2.45) is 0 Å². The summed E-state index contributed by atoms with van der Waals surface area (Å²) < 4.78 is 1.42. The van der Waals surface area contributed by atoms with E-state index in [1.54, 1.807) is 0 Å². The molecule has 0 radical (unpaired) electrons. The van der Waals surface area contributed by atoms with Gasteiger partial charge in [0.15, 0.2) is 0 Å². The number of rotatable bonds is 5. The Kier molecular flexibility index (Phi) is 14.4. The quantitative estimate of drug-likeness (QED) is 0.234. The summed E-state index contributed by atoms with van der Waals surface area (Å²) >= 11 is 1.46. The second-order valence-corrected chi connectivity index (χ2v) is 11.6. The fraction of sp³-hybridized carbons (Fsp3) is 0.122. The summed E-state index contributed by atoms with van der Waals surface area (Å²) in [4.78, 5) is 0. The zero-order chi connectivity index (χ0) is 29.1. The number of allylic oxidation sites excluding steroid dienone is 4. The fourth-order valence-corrected chi connectivity index (χ4v) is 5.98. The average Bonchev–Trinajstić information content (AvgIpc) is 3.74. The van der Waals surface area contributed by atoms with Crippen LogP contribution in [0, 0.1) is 6.08 Å². The number of aryl methyl sites for hydroxylation is 2. The molecule has 0 fully saturated rings. The van der Waals surface area contributed by atoms with Gasteiger partial charge in [0.25, 0.3) is 0 Å². The van der Waals surface area contributed by atoms with Gasteiger partial charge in [-0.15, -0.1) is 63.5 Å². The van der Waals surface area contributed by atoms with Gasteiger partial charge in [-0.3, -0.25) is 0 Å². The molecule has 0 bridgehead atoms. The molecule has 0 atom stereocenters. The predicted molar refractivity (Wildman–Crippen MR) is 179 cm³/mol. The molecular weight excluding hydrogens is 655 g/mol. The third-order valence-electron chi connectivity index (χ3n) is 7.55. The molecule has 0 aliphatic heterocycles. The van der Waals surface area contributed by atoms with E-state index >= 15 is 0 Å². The Morgan fingerprint density at radius 3 is 1.50 bits per heavy atom. The van der Waals surface area contributed by atoms with Crippen LogP contribution >= 0.6 is 0 Å². The fourth-order valence-electron chi connectivity index (χ4n) is 5.16. The summed E-state index contributed by atoms with van der Waals surface area (Å²) in [6, 6.07) is 47.4. The van der Waals surface area contributed by atoms with Crippen LogP contribution in [-0.2, 0) is 37.1 Å². The zero-order valence-electron chi connectivity index (χ0n) is 25.2. The van der Waals surface area contributed by atoms with Gasteiger partial charge in [-0.2, -0.15) is 17.7 Å². The maximum absolute atomic E-state index is 3.28. The van der Waals surface area contributed by atoms with Crippen molar-refractivity contribution in [3.05, 3.63) is 180 Å². The molecule has 0 unspecified atom stereocenters. The standard InChI is InChI=1S/C17H17.C13H10.C11H9.2ClH.Zr/c1-3-12-5-7-16-14(9-12)11-15-10-13(4-2)6-8-17(15)16;1-3-7-12(8-4-1)11-13-9-5-2-6-10-13;1-2-6-10(7-3-1)11-8-4-5-9-11;;;/h5-11H,3-4H2,1-2H3;1-10H;1-4,6-8H,5H2;2*1H;/q-1;;-1;;;+2/p-2. The van der Waals surface area contributed by atoms with Crippen LogP contribution in [0.25, 0.3) is 27.1 Å². The third-order valence-corrected chi connectivity index (χ3v) is 8.97. The van der Waals surface area contributed by atoms with Crippen molar-refractivity contribution in [2.75, 3.05) is 0 Å². The first kappa shape index (κ1) is 35.3. The molecule has 7 rings (SSSR count). The van der Waals surface area contributed by atoms with Crippen LogP contribution in [0.5, 0.6) is 0 Å².